The Hall–Kier alpha value is 0.180. The topological polar surface area (TPSA) is 112 Å². The summed E-state index contributed by atoms with van der Waals surface area (Å²) in [5, 5.41) is 19.7. The molecule has 0 bridgehead atoms. The number of carbonyl (C=O) groups excluding carboxylic acids is 2. The van der Waals surface area contributed by atoms with Gasteiger partial charge in [-0.05, 0) is 0 Å². The third-order valence-corrected chi connectivity index (χ3v) is 5.04. The van der Waals surface area contributed by atoms with Crippen molar-refractivity contribution in [2.45, 2.75) is 87.0 Å². The number of rotatable bonds is 18. The van der Waals surface area contributed by atoms with Crippen LogP contribution in [0.3, 0.4) is 0 Å². The smallest absolute Gasteiger partial charge is 0.306 e. The van der Waals surface area contributed by atoms with Crippen LogP contribution in [-0.2, 0) is 28.5 Å². The zero-order chi connectivity index (χ0) is 25.6. The van der Waals surface area contributed by atoms with E-state index >= 15 is 0 Å². The Labute approximate surface area is 219 Å². The number of hydrogen-bond donors (Lipinski definition) is 6. The summed E-state index contributed by atoms with van der Waals surface area (Å²) in [7, 11) is 0. The van der Waals surface area contributed by atoms with Gasteiger partial charge in [-0.15, -0.1) is 0 Å². The van der Waals surface area contributed by atoms with Crippen LogP contribution in [-0.4, -0.2) is 82.2 Å². The molecule has 0 saturated heterocycles. The lowest BCUT2D eigenvalue weighted by atomic mass is 9.92. The van der Waals surface area contributed by atoms with E-state index in [1.54, 1.807) is 13.8 Å². The maximum atomic E-state index is 12.2. The van der Waals surface area contributed by atoms with Gasteiger partial charge in [-0.25, -0.2) is 0 Å². The van der Waals surface area contributed by atoms with Gasteiger partial charge in [0.25, 0.3) is 0 Å². The summed E-state index contributed by atoms with van der Waals surface area (Å²) in [6.45, 7) is 6.37. The largest absolute Gasteiger partial charge is 0.465 e. The van der Waals surface area contributed by atoms with Crippen molar-refractivity contribution in [3.8, 4) is 0 Å². The Morgan fingerprint density at radius 1 is 0.667 bits per heavy atom. The Morgan fingerprint density at radius 2 is 1.00 bits per heavy atom. The molecule has 0 aromatic rings. The standard InChI is InChI=1S/C21H40O8S4/c1-13(30)5-17(22)26-9-21(10-27-18(23)6-14(2)31,11-28-19(24)7-15(3)32)12-29-20(25)8-16(4)33/h13-18,22-23,30-33H,5-12H2,1-4H3. The number of hydrogen-bond acceptors (Lipinski definition) is 12. The third kappa shape index (κ3) is 18.2. The molecule has 0 fully saturated rings. The molecule has 0 aromatic carbocycles. The highest BCUT2D eigenvalue weighted by Gasteiger charge is 2.37. The number of thiol groups is 4. The number of carbonyl (C=O) groups is 2. The fraction of sp³-hybridized carbons (Fsp3) is 0.905. The van der Waals surface area contributed by atoms with Crippen molar-refractivity contribution < 1.29 is 38.7 Å². The number of esters is 2. The van der Waals surface area contributed by atoms with E-state index in [9.17, 15) is 19.8 Å². The molecule has 0 aliphatic heterocycles. The van der Waals surface area contributed by atoms with E-state index in [-0.39, 0.29) is 73.1 Å². The molecule has 33 heavy (non-hydrogen) atoms. The first-order valence-corrected chi connectivity index (χ1v) is 12.9. The molecule has 0 rings (SSSR count). The van der Waals surface area contributed by atoms with Gasteiger partial charge in [0, 0.05) is 33.8 Å². The Morgan fingerprint density at radius 3 is 1.27 bits per heavy atom. The fourth-order valence-electron chi connectivity index (χ4n) is 2.58. The summed E-state index contributed by atoms with van der Waals surface area (Å²) in [5.41, 5.74) is -1.17. The summed E-state index contributed by atoms with van der Waals surface area (Å²) in [4.78, 5) is 24.3. The predicted molar refractivity (Wildman–Crippen MR) is 141 cm³/mol. The van der Waals surface area contributed by atoms with E-state index in [4.69, 9.17) is 18.9 Å². The average Bonchev–Trinajstić information content (AvgIpc) is 2.64. The Bertz CT molecular complexity index is 512. The van der Waals surface area contributed by atoms with Crippen molar-refractivity contribution in [1.29, 1.82) is 0 Å². The number of aliphatic hydroxyl groups is 2. The van der Waals surface area contributed by atoms with E-state index in [0.717, 1.165) is 0 Å². The van der Waals surface area contributed by atoms with Gasteiger partial charge in [0.1, 0.15) is 13.2 Å². The molecule has 2 N–H and O–H groups in total. The molecule has 0 radical (unpaired) electrons. The van der Waals surface area contributed by atoms with Crippen molar-refractivity contribution in [3.05, 3.63) is 0 Å². The van der Waals surface area contributed by atoms with E-state index in [1.807, 2.05) is 13.8 Å². The minimum absolute atomic E-state index is 0.0808. The van der Waals surface area contributed by atoms with Gasteiger partial charge in [-0.2, -0.15) is 50.5 Å². The molecule has 0 aliphatic rings. The van der Waals surface area contributed by atoms with Gasteiger partial charge in [-0.3, -0.25) is 9.59 Å². The van der Waals surface area contributed by atoms with Crippen LogP contribution in [0.1, 0.15) is 53.4 Å². The average molecular weight is 549 g/mol. The second-order valence-electron chi connectivity index (χ2n) is 8.63. The Kier molecular flexibility index (Phi) is 17.7. The zero-order valence-electron chi connectivity index (χ0n) is 19.8. The van der Waals surface area contributed by atoms with Crippen LogP contribution >= 0.6 is 50.5 Å². The van der Waals surface area contributed by atoms with Crippen LogP contribution in [0.2, 0.25) is 0 Å². The Balaban J connectivity index is 5.55. The van der Waals surface area contributed by atoms with E-state index in [2.05, 4.69) is 50.5 Å². The molecule has 8 nitrogen and oxygen atoms in total. The lowest BCUT2D eigenvalue weighted by Gasteiger charge is -2.34. The minimum atomic E-state index is -1.17. The van der Waals surface area contributed by atoms with Crippen molar-refractivity contribution in [2.24, 2.45) is 5.41 Å². The summed E-state index contributed by atoms with van der Waals surface area (Å²) < 4.78 is 22.0. The highest BCUT2D eigenvalue weighted by atomic mass is 32.1. The second kappa shape index (κ2) is 17.6. The van der Waals surface area contributed by atoms with Crippen molar-refractivity contribution in [2.75, 3.05) is 26.4 Å². The molecular formula is C21H40O8S4. The van der Waals surface area contributed by atoms with Gasteiger partial charge in [0.15, 0.2) is 12.6 Å². The maximum absolute atomic E-state index is 12.2. The fourth-order valence-corrected chi connectivity index (χ4v) is 3.24. The zero-order valence-corrected chi connectivity index (χ0v) is 23.3. The summed E-state index contributed by atoms with van der Waals surface area (Å²) in [6.07, 6.45) is -1.60. The first-order chi connectivity index (χ1) is 15.2. The lowest BCUT2D eigenvalue weighted by molar-refractivity contribution is -0.195. The third-order valence-electron chi connectivity index (χ3n) is 4.25. The molecule has 0 aliphatic carbocycles. The van der Waals surface area contributed by atoms with Crippen molar-refractivity contribution >= 4 is 62.5 Å². The molecular weight excluding hydrogens is 508 g/mol. The van der Waals surface area contributed by atoms with Crippen LogP contribution in [0, 0.1) is 5.41 Å². The molecule has 6 unspecified atom stereocenters. The molecule has 0 heterocycles. The summed E-state index contributed by atoms with van der Waals surface area (Å²) in [5.74, 6) is -0.988. The van der Waals surface area contributed by atoms with Gasteiger partial charge in [0.05, 0.1) is 31.5 Å². The quantitative estimate of drug-likeness (QED) is 0.0881. The molecule has 0 amide bonds. The predicted octanol–water partition coefficient (Wildman–Crippen LogP) is 2.56. The molecule has 6 atom stereocenters. The molecule has 12 heteroatoms. The van der Waals surface area contributed by atoms with Crippen LogP contribution in [0.4, 0.5) is 0 Å². The van der Waals surface area contributed by atoms with Crippen molar-refractivity contribution in [1.82, 2.24) is 0 Å². The van der Waals surface area contributed by atoms with Gasteiger partial charge in [-0.1, -0.05) is 27.7 Å². The highest BCUT2D eigenvalue weighted by molar-refractivity contribution is 7.81. The monoisotopic (exact) mass is 548 g/mol. The SMILES string of the molecule is CC(S)CC(=O)OCC(COC(=O)CC(C)S)(COC(O)CC(C)S)COC(O)CC(C)S. The first-order valence-electron chi connectivity index (χ1n) is 10.9. The molecule has 196 valence electrons. The summed E-state index contributed by atoms with van der Waals surface area (Å²) >= 11 is 16.9. The molecule has 0 saturated carbocycles. The van der Waals surface area contributed by atoms with Gasteiger partial charge >= 0.3 is 11.9 Å². The van der Waals surface area contributed by atoms with Crippen LogP contribution < -0.4 is 0 Å². The first kappa shape index (κ1) is 33.2. The van der Waals surface area contributed by atoms with E-state index in [0.29, 0.717) is 0 Å². The van der Waals surface area contributed by atoms with Crippen LogP contribution in [0.25, 0.3) is 0 Å². The summed E-state index contributed by atoms with van der Waals surface area (Å²) in [6, 6.07) is 0. The van der Waals surface area contributed by atoms with E-state index in [1.165, 1.54) is 0 Å². The van der Waals surface area contributed by atoms with Gasteiger partial charge in [0.2, 0.25) is 0 Å². The highest BCUT2D eigenvalue weighted by Crippen LogP contribution is 2.24. The molecule has 0 spiro atoms. The normalized spacial score (nSPS) is 19.0. The van der Waals surface area contributed by atoms with E-state index < -0.39 is 29.9 Å². The molecule has 0 aromatic heterocycles. The van der Waals surface area contributed by atoms with Crippen LogP contribution in [0.5, 0.6) is 0 Å². The van der Waals surface area contributed by atoms with Gasteiger partial charge < -0.3 is 29.2 Å². The lowest BCUT2D eigenvalue weighted by Crippen LogP contribution is -2.45. The maximum Gasteiger partial charge on any atom is 0.306 e. The number of ether oxygens (including phenoxy) is 4. The minimum Gasteiger partial charge on any atom is -0.465 e. The second-order valence-corrected chi connectivity index (χ2v) is 12.2. The van der Waals surface area contributed by atoms with Crippen molar-refractivity contribution in [3.63, 3.8) is 0 Å². The van der Waals surface area contributed by atoms with Crippen LogP contribution in [0.15, 0.2) is 0 Å². The number of aliphatic hydroxyl groups excluding tert-OH is 2.